The van der Waals surface area contributed by atoms with Crippen LogP contribution in [0.5, 0.6) is 0 Å². The molecular formula is C10H11N3O4. The number of aromatic nitrogens is 1. The van der Waals surface area contributed by atoms with Crippen molar-refractivity contribution in [2.75, 3.05) is 18.1 Å². The van der Waals surface area contributed by atoms with Crippen LogP contribution in [0.15, 0.2) is 18.3 Å². The second-order valence-corrected chi connectivity index (χ2v) is 3.89. The molecule has 0 saturated carbocycles. The molecule has 1 aliphatic heterocycles. The number of aliphatic hydroxyl groups is 1. The number of hydrogen-bond donors (Lipinski definition) is 1. The maximum Gasteiger partial charge on any atom is 0.287 e. The largest absolute Gasteiger partial charge is 0.396 e. The number of pyridine rings is 1. The lowest BCUT2D eigenvalue weighted by Gasteiger charge is -2.14. The van der Waals surface area contributed by atoms with E-state index in [1.807, 2.05) is 0 Å². The Morgan fingerprint density at radius 2 is 2.35 bits per heavy atom. The zero-order valence-electron chi connectivity index (χ0n) is 8.94. The summed E-state index contributed by atoms with van der Waals surface area (Å²) in [5.74, 6) is 0.182. The first-order valence-electron chi connectivity index (χ1n) is 5.13. The lowest BCUT2D eigenvalue weighted by molar-refractivity contribution is -0.385. The maximum atomic E-state index is 11.6. The van der Waals surface area contributed by atoms with Crippen molar-refractivity contribution >= 4 is 17.4 Å². The first-order chi connectivity index (χ1) is 8.11. The van der Waals surface area contributed by atoms with E-state index >= 15 is 0 Å². The van der Waals surface area contributed by atoms with E-state index < -0.39 is 4.92 Å². The van der Waals surface area contributed by atoms with Crippen LogP contribution >= 0.6 is 0 Å². The highest BCUT2D eigenvalue weighted by molar-refractivity contribution is 5.94. The third-order valence-electron chi connectivity index (χ3n) is 2.68. The van der Waals surface area contributed by atoms with Gasteiger partial charge in [0.15, 0.2) is 0 Å². The average Bonchev–Trinajstić information content (AvgIpc) is 2.71. The van der Waals surface area contributed by atoms with E-state index in [1.54, 1.807) is 0 Å². The summed E-state index contributed by atoms with van der Waals surface area (Å²) in [6, 6.07) is 2.75. The molecule has 1 N–H and O–H groups in total. The number of anilines is 1. The van der Waals surface area contributed by atoms with Crippen LogP contribution < -0.4 is 4.90 Å². The van der Waals surface area contributed by atoms with Gasteiger partial charge in [-0.05, 0) is 6.07 Å². The van der Waals surface area contributed by atoms with Crippen LogP contribution in [0.2, 0.25) is 0 Å². The van der Waals surface area contributed by atoms with Crippen LogP contribution in [-0.4, -0.2) is 34.1 Å². The van der Waals surface area contributed by atoms with Gasteiger partial charge < -0.3 is 5.11 Å². The van der Waals surface area contributed by atoms with Crippen LogP contribution in [0.25, 0.3) is 0 Å². The van der Waals surface area contributed by atoms with Crippen LogP contribution in [0.3, 0.4) is 0 Å². The molecule has 1 aromatic rings. The first-order valence-corrected chi connectivity index (χ1v) is 5.13. The number of amides is 1. The molecule has 17 heavy (non-hydrogen) atoms. The predicted octanol–water partition coefficient (Wildman–Crippen LogP) is 0.335. The predicted molar refractivity (Wildman–Crippen MR) is 58.4 cm³/mol. The maximum absolute atomic E-state index is 11.6. The molecule has 1 fully saturated rings. The SMILES string of the molecule is O=C1CC(CO)CN1c1ccc([N+](=O)[O-])cn1. The molecule has 7 nitrogen and oxygen atoms in total. The van der Waals surface area contributed by atoms with Crippen LogP contribution in [0, 0.1) is 16.0 Å². The lowest BCUT2D eigenvalue weighted by atomic mass is 10.1. The summed E-state index contributed by atoms with van der Waals surface area (Å²) in [7, 11) is 0. The topological polar surface area (TPSA) is 96.6 Å². The fraction of sp³-hybridized carbons (Fsp3) is 0.400. The van der Waals surface area contributed by atoms with Gasteiger partial charge >= 0.3 is 0 Å². The van der Waals surface area contributed by atoms with Gasteiger partial charge in [-0.25, -0.2) is 4.98 Å². The highest BCUT2D eigenvalue weighted by atomic mass is 16.6. The third-order valence-corrected chi connectivity index (χ3v) is 2.68. The summed E-state index contributed by atoms with van der Waals surface area (Å²) in [4.78, 5) is 26.8. The standard InChI is InChI=1S/C10H11N3O4/c14-6-7-3-10(15)12(5-7)9-2-1-8(4-11-9)13(16)17/h1-2,4,7,14H,3,5-6H2. The Labute approximate surface area is 96.8 Å². The van der Waals surface area contributed by atoms with Gasteiger partial charge in [-0.1, -0.05) is 0 Å². The van der Waals surface area contributed by atoms with Gasteiger partial charge in [0.1, 0.15) is 12.0 Å². The summed E-state index contributed by atoms with van der Waals surface area (Å²) in [5, 5.41) is 19.4. The fourth-order valence-electron chi connectivity index (χ4n) is 1.77. The van der Waals surface area contributed by atoms with Crippen molar-refractivity contribution < 1.29 is 14.8 Å². The third kappa shape index (κ3) is 2.23. The zero-order valence-corrected chi connectivity index (χ0v) is 8.94. The Morgan fingerprint density at radius 1 is 1.59 bits per heavy atom. The number of hydrogen-bond acceptors (Lipinski definition) is 5. The molecule has 1 aliphatic rings. The van der Waals surface area contributed by atoms with Gasteiger partial charge in [-0.3, -0.25) is 19.8 Å². The average molecular weight is 237 g/mol. The summed E-state index contributed by atoms with van der Waals surface area (Å²) < 4.78 is 0. The lowest BCUT2D eigenvalue weighted by Crippen LogP contribution is -2.25. The number of carbonyl (C=O) groups excluding carboxylic acids is 1. The van der Waals surface area contributed by atoms with Crippen molar-refractivity contribution in [3.63, 3.8) is 0 Å². The molecule has 1 saturated heterocycles. The second kappa shape index (κ2) is 4.46. The van der Waals surface area contributed by atoms with Crippen molar-refractivity contribution in [3.8, 4) is 0 Å². The normalized spacial score (nSPS) is 19.7. The number of nitrogens with zero attached hydrogens (tertiary/aromatic N) is 3. The van der Waals surface area contributed by atoms with Crippen molar-refractivity contribution in [2.45, 2.75) is 6.42 Å². The minimum absolute atomic E-state index is 0.0464. The Hall–Kier alpha value is -2.02. The van der Waals surface area contributed by atoms with Crippen molar-refractivity contribution in [1.29, 1.82) is 0 Å². The molecule has 1 unspecified atom stereocenters. The fourth-order valence-corrected chi connectivity index (χ4v) is 1.77. The molecule has 7 heteroatoms. The number of rotatable bonds is 3. The van der Waals surface area contributed by atoms with E-state index in [-0.39, 0.29) is 30.5 Å². The summed E-state index contributed by atoms with van der Waals surface area (Å²) in [6.45, 7) is 0.357. The number of aliphatic hydroxyl groups excluding tert-OH is 1. The molecule has 0 radical (unpaired) electrons. The van der Waals surface area contributed by atoms with Crippen molar-refractivity contribution in [3.05, 3.63) is 28.4 Å². The van der Waals surface area contributed by atoms with Gasteiger partial charge in [0.25, 0.3) is 5.69 Å². The number of nitro groups is 1. The highest BCUT2D eigenvalue weighted by Crippen LogP contribution is 2.24. The molecule has 90 valence electrons. The van der Waals surface area contributed by atoms with Crippen LogP contribution in [0.4, 0.5) is 11.5 Å². The van der Waals surface area contributed by atoms with Crippen molar-refractivity contribution in [2.24, 2.45) is 5.92 Å². The Kier molecular flexibility index (Phi) is 3.01. The van der Waals surface area contributed by atoms with Gasteiger partial charge in [0.2, 0.25) is 5.91 Å². The smallest absolute Gasteiger partial charge is 0.287 e. The van der Waals surface area contributed by atoms with Gasteiger partial charge in [-0.15, -0.1) is 0 Å². The van der Waals surface area contributed by atoms with E-state index in [0.29, 0.717) is 12.4 Å². The second-order valence-electron chi connectivity index (χ2n) is 3.89. The summed E-state index contributed by atoms with van der Waals surface area (Å²) >= 11 is 0. The monoisotopic (exact) mass is 237 g/mol. The van der Waals surface area contributed by atoms with Crippen molar-refractivity contribution in [1.82, 2.24) is 4.98 Å². The minimum Gasteiger partial charge on any atom is -0.396 e. The van der Waals surface area contributed by atoms with E-state index in [1.165, 1.54) is 17.0 Å². The highest BCUT2D eigenvalue weighted by Gasteiger charge is 2.30. The van der Waals surface area contributed by atoms with Crippen LogP contribution in [-0.2, 0) is 4.79 Å². The summed E-state index contributed by atoms with van der Waals surface area (Å²) in [6.07, 6.45) is 1.41. The zero-order chi connectivity index (χ0) is 12.4. The molecule has 0 aliphatic carbocycles. The molecule has 2 rings (SSSR count). The van der Waals surface area contributed by atoms with E-state index in [4.69, 9.17) is 5.11 Å². The molecule has 0 spiro atoms. The molecule has 2 heterocycles. The minimum atomic E-state index is -0.543. The number of carbonyl (C=O) groups is 1. The quantitative estimate of drug-likeness (QED) is 0.603. The van der Waals surface area contributed by atoms with Gasteiger partial charge in [0, 0.05) is 31.6 Å². The molecule has 1 atom stereocenters. The summed E-state index contributed by atoms with van der Waals surface area (Å²) in [5.41, 5.74) is -0.112. The van der Waals surface area contributed by atoms with Gasteiger partial charge in [0.05, 0.1) is 4.92 Å². The van der Waals surface area contributed by atoms with E-state index in [0.717, 1.165) is 6.20 Å². The Balaban J connectivity index is 2.18. The van der Waals surface area contributed by atoms with E-state index in [2.05, 4.69) is 4.98 Å². The molecule has 0 aromatic carbocycles. The van der Waals surface area contributed by atoms with Gasteiger partial charge in [-0.2, -0.15) is 0 Å². The molecule has 1 aromatic heterocycles. The Bertz CT molecular complexity index is 445. The van der Waals surface area contributed by atoms with Crippen LogP contribution in [0.1, 0.15) is 6.42 Å². The Morgan fingerprint density at radius 3 is 2.82 bits per heavy atom. The molecule has 0 bridgehead atoms. The first kappa shape index (κ1) is 11.5. The van der Waals surface area contributed by atoms with E-state index in [9.17, 15) is 14.9 Å². The molecule has 1 amide bonds. The molecular weight excluding hydrogens is 226 g/mol.